The summed E-state index contributed by atoms with van der Waals surface area (Å²) < 4.78 is 46.7. The van der Waals surface area contributed by atoms with Crippen LogP contribution in [0.3, 0.4) is 0 Å². The highest BCUT2D eigenvalue weighted by atomic mass is 32.2. The first kappa shape index (κ1) is 46.0. The smallest absolute Gasteiger partial charge is 0.408 e. The number of anilines is 1. The van der Waals surface area contributed by atoms with Gasteiger partial charge in [0.05, 0.1) is 29.8 Å². The molecule has 17 heteroatoms. The van der Waals surface area contributed by atoms with Gasteiger partial charge in [-0.1, -0.05) is 57.2 Å². The molecule has 2 unspecified atom stereocenters. The summed E-state index contributed by atoms with van der Waals surface area (Å²) in [6.45, 7) is 15.4. The topological polar surface area (TPSA) is 211 Å². The van der Waals surface area contributed by atoms with E-state index in [1.54, 1.807) is 66.9 Å². The molecule has 1 aromatic heterocycles. The number of rotatable bonds is 13. The standard InChI is InChI=1S/C46H54N6O10S/c1-10-29-25-46(29,42(56)51-63(58,59)33-19-16-30(17-20-33)47-27(2)53)50-40(54)37-23-32(26-52(37)41(55)39(44(3,4)5)49-43(57)62-45(6,7)8)61-38-24-35(28-14-12-11-13-15-28)48-36-22-31(60-9)18-21-34(36)38/h10-22,24,29,32,37,39H,1,23,25-26H2,2-9H3,(H,47,53)(H,49,57)(H,50,54)(H,51,56)/t29?,32-,37+,39-,46?/m1/s1. The van der Waals surface area contributed by atoms with E-state index in [1.807, 2.05) is 36.4 Å². The van der Waals surface area contributed by atoms with Crippen LogP contribution in [0, 0.1) is 11.3 Å². The van der Waals surface area contributed by atoms with Crippen molar-refractivity contribution in [1.29, 1.82) is 0 Å². The molecule has 334 valence electrons. The Morgan fingerprint density at radius 3 is 2.22 bits per heavy atom. The molecule has 2 heterocycles. The first-order valence-electron chi connectivity index (χ1n) is 20.4. The van der Waals surface area contributed by atoms with Crippen LogP contribution in [-0.2, 0) is 33.9 Å². The summed E-state index contributed by atoms with van der Waals surface area (Å²) in [7, 11) is -2.89. The lowest BCUT2D eigenvalue weighted by Crippen LogP contribution is -2.60. The van der Waals surface area contributed by atoms with Crippen molar-refractivity contribution < 1.29 is 46.6 Å². The predicted octanol–water partition coefficient (Wildman–Crippen LogP) is 5.72. The lowest BCUT2D eigenvalue weighted by molar-refractivity contribution is -0.143. The summed E-state index contributed by atoms with van der Waals surface area (Å²) in [6.07, 6.45) is -0.179. The van der Waals surface area contributed by atoms with E-state index in [9.17, 15) is 32.4 Å². The number of likely N-dealkylation sites (tertiary alicyclic amines) is 1. The zero-order valence-corrected chi connectivity index (χ0v) is 37.4. The number of nitrogens with one attached hydrogen (secondary N) is 4. The van der Waals surface area contributed by atoms with Crippen LogP contribution in [0.25, 0.3) is 22.2 Å². The van der Waals surface area contributed by atoms with Crippen molar-refractivity contribution in [3.63, 3.8) is 0 Å². The summed E-state index contributed by atoms with van der Waals surface area (Å²) in [4.78, 5) is 74.0. The molecule has 0 bridgehead atoms. The largest absolute Gasteiger partial charge is 0.497 e. The van der Waals surface area contributed by atoms with Crippen LogP contribution < -0.4 is 30.1 Å². The van der Waals surface area contributed by atoms with Gasteiger partial charge < -0.3 is 35.1 Å². The molecule has 1 saturated carbocycles. The molecule has 4 N–H and O–H groups in total. The van der Waals surface area contributed by atoms with Gasteiger partial charge in [-0.3, -0.25) is 19.2 Å². The van der Waals surface area contributed by atoms with Gasteiger partial charge in [-0.15, -0.1) is 6.58 Å². The van der Waals surface area contributed by atoms with Gasteiger partial charge in [-0.2, -0.15) is 0 Å². The SMILES string of the molecule is C=CC1CC1(NC(=O)[C@@H]1C[C@@H](Oc2cc(-c3ccccc3)nc3cc(OC)ccc23)CN1C(=O)[C@@H](NC(=O)OC(C)(C)C)C(C)(C)C)C(=O)NS(=O)(=O)c1ccc(NC(C)=O)cc1. The maximum atomic E-state index is 14.8. The molecule has 3 aromatic carbocycles. The van der Waals surface area contributed by atoms with Gasteiger partial charge in [-0.05, 0) is 69.0 Å². The minimum atomic E-state index is -4.45. The Bertz CT molecular complexity index is 2540. The van der Waals surface area contributed by atoms with Gasteiger partial charge in [-0.25, -0.2) is 22.9 Å². The minimum absolute atomic E-state index is 0.0329. The van der Waals surface area contributed by atoms with Crippen molar-refractivity contribution in [2.75, 3.05) is 19.0 Å². The van der Waals surface area contributed by atoms with Crippen LogP contribution in [-0.4, -0.2) is 91.0 Å². The van der Waals surface area contributed by atoms with Crippen molar-refractivity contribution in [3.05, 3.63) is 91.5 Å². The fourth-order valence-electron chi connectivity index (χ4n) is 7.48. The summed E-state index contributed by atoms with van der Waals surface area (Å²) in [5.41, 5.74) is -1.11. The third kappa shape index (κ3) is 10.6. The number of hydrogen-bond acceptors (Lipinski definition) is 11. The Labute approximate surface area is 367 Å². The van der Waals surface area contributed by atoms with E-state index in [1.165, 1.54) is 42.2 Å². The summed E-state index contributed by atoms with van der Waals surface area (Å²) in [5, 5.41) is 8.70. The predicted molar refractivity (Wildman–Crippen MR) is 236 cm³/mol. The maximum absolute atomic E-state index is 14.8. The number of pyridine rings is 1. The molecule has 5 amide bonds. The molecule has 1 saturated heterocycles. The third-order valence-electron chi connectivity index (χ3n) is 10.7. The molecular formula is C46H54N6O10S. The van der Waals surface area contributed by atoms with Gasteiger partial charge in [0, 0.05) is 48.0 Å². The Morgan fingerprint density at radius 2 is 1.63 bits per heavy atom. The number of alkyl carbamates (subject to hydrolysis) is 1. The van der Waals surface area contributed by atoms with E-state index in [-0.39, 0.29) is 30.2 Å². The number of carbonyl (C=O) groups is 5. The van der Waals surface area contributed by atoms with Crippen molar-refractivity contribution in [1.82, 2.24) is 25.2 Å². The molecule has 4 aromatic rings. The number of aromatic nitrogens is 1. The number of nitrogens with zero attached hydrogens (tertiary/aromatic N) is 2. The number of carbonyl (C=O) groups excluding carboxylic acids is 5. The molecule has 16 nitrogen and oxygen atoms in total. The van der Waals surface area contributed by atoms with Crippen LogP contribution in [0.4, 0.5) is 10.5 Å². The first-order chi connectivity index (χ1) is 29.5. The number of ether oxygens (including phenoxy) is 3. The number of benzene rings is 3. The summed E-state index contributed by atoms with van der Waals surface area (Å²) >= 11 is 0. The van der Waals surface area contributed by atoms with Gasteiger partial charge in [0.2, 0.25) is 17.7 Å². The van der Waals surface area contributed by atoms with Crippen LogP contribution in [0.1, 0.15) is 61.3 Å². The van der Waals surface area contributed by atoms with Crippen LogP contribution >= 0.6 is 0 Å². The van der Waals surface area contributed by atoms with E-state index in [4.69, 9.17) is 19.2 Å². The number of amides is 5. The highest BCUT2D eigenvalue weighted by Gasteiger charge is 2.61. The molecule has 6 rings (SSSR count). The van der Waals surface area contributed by atoms with E-state index in [0.29, 0.717) is 33.8 Å². The summed E-state index contributed by atoms with van der Waals surface area (Å²) in [6, 6.07) is 19.4. The Kier molecular flexibility index (Phi) is 12.9. The number of hydrogen-bond donors (Lipinski definition) is 4. The molecular weight excluding hydrogens is 829 g/mol. The lowest BCUT2D eigenvalue weighted by atomic mass is 9.85. The molecule has 0 radical (unpaired) electrons. The highest BCUT2D eigenvalue weighted by molar-refractivity contribution is 7.90. The average Bonchev–Trinajstić information content (AvgIpc) is 3.77. The quantitative estimate of drug-likeness (QED) is 0.119. The Balaban J connectivity index is 1.33. The number of fused-ring (bicyclic) bond motifs is 1. The van der Waals surface area contributed by atoms with Crippen molar-refractivity contribution >= 4 is 56.3 Å². The fraction of sp³-hybridized carbons (Fsp3) is 0.391. The zero-order valence-electron chi connectivity index (χ0n) is 36.6. The van der Waals surface area contributed by atoms with E-state index < -0.39 is 74.5 Å². The third-order valence-corrected chi connectivity index (χ3v) is 12.1. The fourth-order valence-corrected chi connectivity index (χ4v) is 8.52. The van der Waals surface area contributed by atoms with Crippen LogP contribution in [0.15, 0.2) is 96.4 Å². The number of sulfonamides is 1. The van der Waals surface area contributed by atoms with Gasteiger partial charge in [0.25, 0.3) is 15.9 Å². The normalized spacial score (nSPS) is 20.2. The average molecular weight is 883 g/mol. The molecule has 1 aliphatic heterocycles. The lowest BCUT2D eigenvalue weighted by Gasteiger charge is -2.36. The molecule has 63 heavy (non-hydrogen) atoms. The van der Waals surface area contributed by atoms with Crippen molar-refractivity contribution in [3.8, 4) is 22.8 Å². The van der Waals surface area contributed by atoms with Gasteiger partial charge >= 0.3 is 6.09 Å². The van der Waals surface area contributed by atoms with E-state index in [2.05, 4.69) is 27.3 Å². The second kappa shape index (κ2) is 17.7. The number of methoxy groups -OCH3 is 1. The van der Waals surface area contributed by atoms with Crippen molar-refractivity contribution in [2.45, 2.75) is 95.5 Å². The molecule has 5 atom stereocenters. The molecule has 0 spiro atoms. The maximum Gasteiger partial charge on any atom is 0.408 e. The molecule has 2 fully saturated rings. The van der Waals surface area contributed by atoms with E-state index >= 15 is 0 Å². The minimum Gasteiger partial charge on any atom is -0.497 e. The second-order valence-electron chi connectivity index (χ2n) is 17.8. The van der Waals surface area contributed by atoms with Crippen LogP contribution in [0.5, 0.6) is 11.5 Å². The Hall–Kier alpha value is -6.49. The summed E-state index contributed by atoms with van der Waals surface area (Å²) in [5.74, 6) is -2.34. The van der Waals surface area contributed by atoms with Gasteiger partial charge in [0.1, 0.15) is 40.8 Å². The van der Waals surface area contributed by atoms with Crippen molar-refractivity contribution in [2.24, 2.45) is 11.3 Å². The van der Waals surface area contributed by atoms with Gasteiger partial charge in [0.15, 0.2) is 0 Å². The molecule has 1 aliphatic carbocycles. The monoisotopic (exact) mass is 882 g/mol. The van der Waals surface area contributed by atoms with E-state index in [0.717, 1.165) is 5.56 Å². The van der Waals surface area contributed by atoms with Crippen LogP contribution in [0.2, 0.25) is 0 Å². The zero-order chi connectivity index (χ0) is 46.1. The Morgan fingerprint density at radius 1 is 0.952 bits per heavy atom. The highest BCUT2D eigenvalue weighted by Crippen LogP contribution is 2.45. The first-order valence-corrected chi connectivity index (χ1v) is 21.9. The second-order valence-corrected chi connectivity index (χ2v) is 19.5. The molecule has 2 aliphatic rings.